The Kier molecular flexibility index (Phi) is 4.98. The van der Waals surface area contributed by atoms with Crippen molar-refractivity contribution in [2.24, 2.45) is 0 Å². The molecule has 0 spiro atoms. The van der Waals surface area contributed by atoms with Crippen molar-refractivity contribution in [3.8, 4) is 5.75 Å². The molecule has 1 fully saturated rings. The molecule has 2 rings (SSSR count). The molecule has 0 aromatic heterocycles. The Morgan fingerprint density at radius 2 is 1.95 bits per heavy atom. The van der Waals surface area contributed by atoms with Crippen molar-refractivity contribution in [3.05, 3.63) is 42.0 Å². The fourth-order valence-corrected chi connectivity index (χ4v) is 1.79. The van der Waals surface area contributed by atoms with Gasteiger partial charge in [0.1, 0.15) is 12.4 Å². The van der Waals surface area contributed by atoms with Gasteiger partial charge in [-0.1, -0.05) is 18.7 Å². The Balaban J connectivity index is 1.66. The summed E-state index contributed by atoms with van der Waals surface area (Å²) in [5, 5.41) is 2.51. The molecule has 1 aromatic carbocycles. The number of esters is 1. The second-order valence-corrected chi connectivity index (χ2v) is 5.08. The lowest BCUT2D eigenvalue weighted by atomic mass is 10.1. The van der Waals surface area contributed by atoms with Crippen LogP contribution in [0.25, 0.3) is 0 Å². The highest BCUT2D eigenvalue weighted by Crippen LogP contribution is 2.40. The van der Waals surface area contributed by atoms with Crippen LogP contribution in [0.4, 0.5) is 4.79 Å². The molecule has 0 unspecified atom stereocenters. The Labute approximate surface area is 123 Å². The molecule has 1 saturated carbocycles. The van der Waals surface area contributed by atoms with Crippen LogP contribution in [0.2, 0.25) is 0 Å². The molecular weight excluding hydrogens is 270 g/mol. The van der Waals surface area contributed by atoms with Crippen LogP contribution >= 0.6 is 0 Å². The van der Waals surface area contributed by atoms with E-state index in [2.05, 4.69) is 11.9 Å². The van der Waals surface area contributed by atoms with Crippen molar-refractivity contribution in [3.63, 3.8) is 0 Å². The van der Waals surface area contributed by atoms with Crippen LogP contribution in [0.1, 0.15) is 31.2 Å². The highest BCUT2D eigenvalue weighted by molar-refractivity contribution is 5.86. The van der Waals surface area contributed by atoms with Crippen molar-refractivity contribution in [2.45, 2.75) is 25.7 Å². The first-order valence-corrected chi connectivity index (χ1v) is 6.94. The van der Waals surface area contributed by atoms with Gasteiger partial charge in [0.2, 0.25) is 0 Å². The van der Waals surface area contributed by atoms with E-state index in [0.29, 0.717) is 17.2 Å². The molecule has 1 amide bonds. The zero-order valence-electron chi connectivity index (χ0n) is 12.1. The lowest BCUT2D eigenvalue weighted by Crippen LogP contribution is -2.30. The minimum atomic E-state index is -0.569. The summed E-state index contributed by atoms with van der Waals surface area (Å²) >= 11 is 0. The van der Waals surface area contributed by atoms with E-state index < -0.39 is 12.1 Å². The van der Waals surface area contributed by atoms with Crippen LogP contribution in [-0.4, -0.2) is 25.2 Å². The van der Waals surface area contributed by atoms with Crippen molar-refractivity contribution in [1.29, 1.82) is 0 Å². The van der Waals surface area contributed by atoms with Gasteiger partial charge in [-0.2, -0.15) is 0 Å². The number of hydrogen-bond donors (Lipinski definition) is 1. The number of nitrogens with one attached hydrogen (secondary N) is 1. The Bertz CT molecular complexity index is 532. The van der Waals surface area contributed by atoms with Crippen molar-refractivity contribution >= 4 is 12.1 Å². The largest absolute Gasteiger partial charge is 0.460 e. The maximum atomic E-state index is 11.5. The van der Waals surface area contributed by atoms with E-state index in [1.54, 1.807) is 19.1 Å². The average Bonchev–Trinajstić information content (AvgIpc) is 3.28. The number of amides is 1. The standard InChI is InChI=1S/C16H19NO4/c1-11(2)15(18)20-10-9-17-16(19)21-14-7-5-13(6-8-14)12-3-4-12/h5-8,12H,1,3-4,9-10H2,2H3,(H,17,19). The first-order chi connectivity index (χ1) is 10.1. The summed E-state index contributed by atoms with van der Waals surface area (Å²) in [4.78, 5) is 22.6. The summed E-state index contributed by atoms with van der Waals surface area (Å²) in [6, 6.07) is 7.53. The summed E-state index contributed by atoms with van der Waals surface area (Å²) in [5.41, 5.74) is 1.61. The van der Waals surface area contributed by atoms with Crippen molar-refractivity contribution in [2.75, 3.05) is 13.2 Å². The molecular formula is C16H19NO4. The molecule has 21 heavy (non-hydrogen) atoms. The lowest BCUT2D eigenvalue weighted by Gasteiger charge is -2.08. The number of rotatable bonds is 6. The van der Waals surface area contributed by atoms with Crippen LogP contribution in [0.3, 0.4) is 0 Å². The molecule has 0 aliphatic heterocycles. The van der Waals surface area contributed by atoms with Crippen LogP contribution in [0, 0.1) is 0 Å². The Morgan fingerprint density at radius 1 is 1.29 bits per heavy atom. The summed E-state index contributed by atoms with van der Waals surface area (Å²) in [7, 11) is 0. The van der Waals surface area contributed by atoms with E-state index in [9.17, 15) is 9.59 Å². The second-order valence-electron chi connectivity index (χ2n) is 5.08. The van der Waals surface area contributed by atoms with E-state index in [4.69, 9.17) is 9.47 Å². The Morgan fingerprint density at radius 3 is 2.52 bits per heavy atom. The van der Waals surface area contributed by atoms with Gasteiger partial charge in [-0.25, -0.2) is 9.59 Å². The van der Waals surface area contributed by atoms with E-state index in [1.807, 2.05) is 12.1 Å². The molecule has 0 saturated heterocycles. The molecule has 0 atom stereocenters. The van der Waals surface area contributed by atoms with Gasteiger partial charge in [0.05, 0.1) is 6.54 Å². The minimum Gasteiger partial charge on any atom is -0.460 e. The highest BCUT2D eigenvalue weighted by Gasteiger charge is 2.23. The van der Waals surface area contributed by atoms with E-state index in [-0.39, 0.29) is 13.2 Å². The third-order valence-corrected chi connectivity index (χ3v) is 3.09. The maximum Gasteiger partial charge on any atom is 0.412 e. The second kappa shape index (κ2) is 6.92. The van der Waals surface area contributed by atoms with Crippen LogP contribution in [-0.2, 0) is 9.53 Å². The quantitative estimate of drug-likeness (QED) is 0.497. The number of hydrogen-bond acceptors (Lipinski definition) is 4. The van der Waals surface area contributed by atoms with Gasteiger partial charge in [-0.3, -0.25) is 0 Å². The van der Waals surface area contributed by atoms with E-state index in [1.165, 1.54) is 18.4 Å². The van der Waals surface area contributed by atoms with Crippen molar-refractivity contribution in [1.82, 2.24) is 5.32 Å². The lowest BCUT2D eigenvalue weighted by molar-refractivity contribution is -0.138. The van der Waals surface area contributed by atoms with Gasteiger partial charge < -0.3 is 14.8 Å². The number of benzene rings is 1. The molecule has 0 heterocycles. The molecule has 0 bridgehead atoms. The third-order valence-electron chi connectivity index (χ3n) is 3.09. The van der Waals surface area contributed by atoms with Gasteiger partial charge >= 0.3 is 12.1 Å². The van der Waals surface area contributed by atoms with Crippen LogP contribution in [0.5, 0.6) is 5.75 Å². The Hall–Kier alpha value is -2.30. The van der Waals surface area contributed by atoms with Gasteiger partial charge in [0, 0.05) is 5.57 Å². The monoisotopic (exact) mass is 289 g/mol. The molecule has 0 radical (unpaired) electrons. The summed E-state index contributed by atoms with van der Waals surface area (Å²) in [6.07, 6.45) is 1.91. The average molecular weight is 289 g/mol. The van der Waals surface area contributed by atoms with Crippen LogP contribution in [0.15, 0.2) is 36.4 Å². The molecule has 5 heteroatoms. The molecule has 1 aromatic rings. The van der Waals surface area contributed by atoms with E-state index in [0.717, 1.165) is 0 Å². The first-order valence-electron chi connectivity index (χ1n) is 6.94. The van der Waals surface area contributed by atoms with Gasteiger partial charge in [0.25, 0.3) is 0 Å². The highest BCUT2D eigenvalue weighted by atomic mass is 16.6. The third kappa shape index (κ3) is 4.95. The van der Waals surface area contributed by atoms with E-state index >= 15 is 0 Å². The first kappa shape index (κ1) is 15.1. The van der Waals surface area contributed by atoms with Gasteiger partial charge in [0.15, 0.2) is 0 Å². The van der Waals surface area contributed by atoms with Crippen LogP contribution < -0.4 is 10.1 Å². The minimum absolute atomic E-state index is 0.0847. The summed E-state index contributed by atoms with van der Waals surface area (Å²) < 4.78 is 9.96. The van der Waals surface area contributed by atoms with Gasteiger partial charge in [-0.05, 0) is 43.4 Å². The fraction of sp³-hybridized carbons (Fsp3) is 0.375. The summed E-state index contributed by atoms with van der Waals surface area (Å²) in [5.74, 6) is 0.701. The molecule has 112 valence electrons. The molecule has 5 nitrogen and oxygen atoms in total. The fourth-order valence-electron chi connectivity index (χ4n) is 1.79. The summed E-state index contributed by atoms with van der Waals surface area (Å²) in [6.45, 7) is 5.30. The predicted molar refractivity (Wildman–Crippen MR) is 78.2 cm³/mol. The number of carbonyl (C=O) groups excluding carboxylic acids is 2. The predicted octanol–water partition coefficient (Wildman–Crippen LogP) is 2.77. The molecule has 1 aliphatic rings. The zero-order chi connectivity index (χ0) is 15.2. The number of ether oxygens (including phenoxy) is 2. The molecule has 1 aliphatic carbocycles. The van der Waals surface area contributed by atoms with Gasteiger partial charge in [-0.15, -0.1) is 0 Å². The molecule has 1 N–H and O–H groups in total. The smallest absolute Gasteiger partial charge is 0.412 e. The van der Waals surface area contributed by atoms with Crippen molar-refractivity contribution < 1.29 is 19.1 Å². The number of carbonyl (C=O) groups is 2. The topological polar surface area (TPSA) is 64.6 Å². The normalized spacial score (nSPS) is 13.4. The zero-order valence-corrected chi connectivity index (χ0v) is 12.1. The maximum absolute atomic E-state index is 11.5. The SMILES string of the molecule is C=C(C)C(=O)OCCNC(=O)Oc1ccc(C2CC2)cc1.